The van der Waals surface area contributed by atoms with Gasteiger partial charge in [-0.1, -0.05) is 60.7 Å². The molecule has 5 heteroatoms. The van der Waals surface area contributed by atoms with Gasteiger partial charge in [-0.3, -0.25) is 5.41 Å². The van der Waals surface area contributed by atoms with Crippen LogP contribution in [0, 0.1) is 5.41 Å². The number of aryl methyl sites for hydroxylation is 2. The summed E-state index contributed by atoms with van der Waals surface area (Å²) in [7, 11) is 0. The molecule has 0 radical (unpaired) electrons. The molecule has 3 aromatic carbocycles. The minimum Gasteiger partial charge on any atom is -0.492 e. The number of para-hydroxylation sites is 3. The third kappa shape index (κ3) is 4.37. The first-order valence-corrected chi connectivity index (χ1v) is 9.27. The zero-order valence-corrected chi connectivity index (χ0v) is 17.3. The van der Waals surface area contributed by atoms with Gasteiger partial charge in [0.1, 0.15) is 12.4 Å². The van der Waals surface area contributed by atoms with E-state index in [1.165, 1.54) is 5.56 Å². The summed E-state index contributed by atoms with van der Waals surface area (Å²) >= 11 is 0. The number of hydrogen-bond acceptors (Lipinski definition) is 2. The highest BCUT2D eigenvalue weighted by Gasteiger charge is 2.10. The average molecular weight is 438 g/mol. The molecular formula is C23H24BrN3O. The Hall–Kier alpha value is -2.79. The Kier molecular flexibility index (Phi) is 6.71. The van der Waals surface area contributed by atoms with Gasteiger partial charge in [-0.25, -0.2) is 0 Å². The van der Waals surface area contributed by atoms with Crippen LogP contribution in [0.15, 0.2) is 84.9 Å². The van der Waals surface area contributed by atoms with Crippen molar-refractivity contribution in [3.63, 3.8) is 0 Å². The maximum absolute atomic E-state index is 8.69. The van der Waals surface area contributed by atoms with Crippen molar-refractivity contribution in [3.8, 4) is 5.75 Å². The van der Waals surface area contributed by atoms with Crippen molar-refractivity contribution in [1.82, 2.24) is 9.13 Å². The lowest BCUT2D eigenvalue weighted by molar-refractivity contribution is 0.296. The van der Waals surface area contributed by atoms with Crippen LogP contribution in [0.1, 0.15) is 5.56 Å². The lowest BCUT2D eigenvalue weighted by Gasteiger charge is -2.08. The van der Waals surface area contributed by atoms with Crippen molar-refractivity contribution in [3.05, 3.63) is 96.1 Å². The second-order valence-electron chi connectivity index (χ2n) is 6.51. The Balaban J connectivity index is 0.00000225. The monoisotopic (exact) mass is 437 g/mol. The molecule has 0 fully saturated rings. The molecule has 0 saturated carbocycles. The van der Waals surface area contributed by atoms with Gasteiger partial charge in [0.15, 0.2) is 0 Å². The van der Waals surface area contributed by atoms with Crippen LogP contribution < -0.4 is 10.4 Å². The third-order valence-corrected chi connectivity index (χ3v) is 4.77. The van der Waals surface area contributed by atoms with Crippen LogP contribution in [0.5, 0.6) is 5.75 Å². The zero-order chi connectivity index (χ0) is 18.5. The van der Waals surface area contributed by atoms with E-state index >= 15 is 0 Å². The largest absolute Gasteiger partial charge is 0.492 e. The standard InChI is InChI=1S/C23H23N3O.BrH/c24-23-25(16-15-19-9-3-1-4-10-19)21-13-7-8-14-22(21)26(23)17-18-27-20-11-5-2-6-12-20;/h1-14,24H,15-18H2;1H. The number of benzene rings is 3. The molecule has 0 aliphatic heterocycles. The topological polar surface area (TPSA) is 42.9 Å². The summed E-state index contributed by atoms with van der Waals surface area (Å²) in [5.41, 5.74) is 3.97. The Morgan fingerprint density at radius 2 is 1.21 bits per heavy atom. The van der Waals surface area contributed by atoms with E-state index in [0.717, 1.165) is 29.7 Å². The van der Waals surface area contributed by atoms with Crippen LogP contribution in [-0.2, 0) is 19.5 Å². The van der Waals surface area contributed by atoms with E-state index in [0.29, 0.717) is 18.8 Å². The molecule has 0 spiro atoms. The lowest BCUT2D eigenvalue weighted by atomic mass is 10.1. The first-order chi connectivity index (χ1) is 13.3. The average Bonchev–Trinajstić information content (AvgIpc) is 2.99. The predicted molar refractivity (Wildman–Crippen MR) is 118 cm³/mol. The smallest absolute Gasteiger partial charge is 0.203 e. The van der Waals surface area contributed by atoms with Crippen molar-refractivity contribution >= 4 is 28.0 Å². The van der Waals surface area contributed by atoms with Gasteiger partial charge in [0.05, 0.1) is 17.6 Å². The van der Waals surface area contributed by atoms with E-state index in [1.807, 2.05) is 53.1 Å². The molecule has 4 nitrogen and oxygen atoms in total. The summed E-state index contributed by atoms with van der Waals surface area (Å²) in [6.45, 7) is 1.97. The van der Waals surface area contributed by atoms with Crippen LogP contribution in [0.25, 0.3) is 11.0 Å². The fourth-order valence-corrected chi connectivity index (χ4v) is 3.40. The number of imidazole rings is 1. The molecule has 0 amide bonds. The number of aromatic nitrogens is 2. The predicted octanol–water partition coefficient (Wildman–Crippen LogP) is 4.82. The van der Waals surface area contributed by atoms with Gasteiger partial charge >= 0.3 is 0 Å². The van der Waals surface area contributed by atoms with Crippen molar-refractivity contribution in [2.24, 2.45) is 0 Å². The molecule has 1 aromatic heterocycles. The lowest BCUT2D eigenvalue weighted by Crippen LogP contribution is -2.27. The fraction of sp³-hybridized carbons (Fsp3) is 0.174. The molecule has 4 rings (SSSR count). The molecule has 0 bridgehead atoms. The number of rotatable bonds is 7. The summed E-state index contributed by atoms with van der Waals surface area (Å²) in [6, 6.07) is 28.5. The van der Waals surface area contributed by atoms with Gasteiger partial charge < -0.3 is 13.9 Å². The molecule has 0 aliphatic rings. The molecular weight excluding hydrogens is 414 g/mol. The van der Waals surface area contributed by atoms with Crippen molar-refractivity contribution in [2.75, 3.05) is 6.61 Å². The van der Waals surface area contributed by atoms with Crippen LogP contribution in [0.4, 0.5) is 0 Å². The molecule has 1 heterocycles. The van der Waals surface area contributed by atoms with Crippen LogP contribution in [-0.4, -0.2) is 15.7 Å². The quantitative estimate of drug-likeness (QED) is 0.442. The number of ether oxygens (including phenoxy) is 1. The Bertz CT molecular complexity index is 1070. The van der Waals surface area contributed by atoms with Crippen molar-refractivity contribution < 1.29 is 4.74 Å². The van der Waals surface area contributed by atoms with Crippen molar-refractivity contribution in [2.45, 2.75) is 19.5 Å². The number of nitrogens with one attached hydrogen (secondary N) is 1. The second kappa shape index (κ2) is 9.42. The Labute approximate surface area is 175 Å². The normalized spacial score (nSPS) is 10.6. The first-order valence-electron chi connectivity index (χ1n) is 9.27. The number of hydrogen-bond donors (Lipinski definition) is 1. The van der Waals surface area contributed by atoms with Gasteiger partial charge in [0.2, 0.25) is 5.62 Å². The number of halogens is 1. The van der Waals surface area contributed by atoms with Gasteiger partial charge in [-0.05, 0) is 36.2 Å². The van der Waals surface area contributed by atoms with Gasteiger partial charge in [0.25, 0.3) is 0 Å². The molecule has 0 aliphatic carbocycles. The molecule has 1 N–H and O–H groups in total. The minimum atomic E-state index is 0. The van der Waals surface area contributed by atoms with Crippen molar-refractivity contribution in [1.29, 1.82) is 5.41 Å². The van der Waals surface area contributed by atoms with E-state index in [2.05, 4.69) is 41.0 Å². The molecule has 4 aromatic rings. The summed E-state index contributed by atoms with van der Waals surface area (Å²) < 4.78 is 9.96. The Morgan fingerprint density at radius 1 is 0.679 bits per heavy atom. The van der Waals surface area contributed by atoms with Crippen LogP contribution in [0.2, 0.25) is 0 Å². The highest BCUT2D eigenvalue weighted by Crippen LogP contribution is 2.14. The molecule has 28 heavy (non-hydrogen) atoms. The summed E-state index contributed by atoms with van der Waals surface area (Å²) in [5, 5.41) is 8.69. The zero-order valence-electron chi connectivity index (χ0n) is 15.6. The maximum atomic E-state index is 8.69. The fourth-order valence-electron chi connectivity index (χ4n) is 3.40. The molecule has 144 valence electrons. The highest BCUT2D eigenvalue weighted by atomic mass is 79.9. The van der Waals surface area contributed by atoms with Gasteiger partial charge in [-0.2, -0.15) is 0 Å². The molecule has 0 atom stereocenters. The van der Waals surface area contributed by atoms with E-state index in [4.69, 9.17) is 10.1 Å². The first kappa shape index (κ1) is 20.0. The van der Waals surface area contributed by atoms with E-state index in [9.17, 15) is 0 Å². The van der Waals surface area contributed by atoms with E-state index in [1.54, 1.807) is 0 Å². The third-order valence-electron chi connectivity index (χ3n) is 4.77. The summed E-state index contributed by atoms with van der Waals surface area (Å²) in [6.07, 6.45) is 0.909. The molecule has 0 unspecified atom stereocenters. The van der Waals surface area contributed by atoms with Gasteiger partial charge in [-0.15, -0.1) is 17.0 Å². The SMILES string of the molecule is Br.N=c1n(CCOc2ccccc2)c2ccccc2n1CCc1ccccc1. The highest BCUT2D eigenvalue weighted by molar-refractivity contribution is 8.93. The Morgan fingerprint density at radius 3 is 1.86 bits per heavy atom. The van der Waals surface area contributed by atoms with E-state index in [-0.39, 0.29) is 17.0 Å². The van der Waals surface area contributed by atoms with Crippen LogP contribution >= 0.6 is 17.0 Å². The van der Waals surface area contributed by atoms with Crippen LogP contribution in [0.3, 0.4) is 0 Å². The van der Waals surface area contributed by atoms with E-state index < -0.39 is 0 Å². The summed E-state index contributed by atoms with van der Waals surface area (Å²) in [5.74, 6) is 0.859. The van der Waals surface area contributed by atoms with Gasteiger partial charge in [0, 0.05) is 6.54 Å². The number of nitrogens with zero attached hydrogens (tertiary/aromatic N) is 2. The second-order valence-corrected chi connectivity index (χ2v) is 6.51. The molecule has 0 saturated heterocycles. The maximum Gasteiger partial charge on any atom is 0.203 e. The summed E-state index contributed by atoms with van der Waals surface area (Å²) in [4.78, 5) is 0. The minimum absolute atomic E-state index is 0. The number of fused-ring (bicyclic) bond motifs is 1.